The molecular weight excluding hydrogens is 274 g/mol. The highest BCUT2D eigenvalue weighted by Gasteiger charge is 2.16. The van der Waals surface area contributed by atoms with Crippen molar-refractivity contribution in [1.29, 1.82) is 0 Å². The van der Waals surface area contributed by atoms with Crippen molar-refractivity contribution in [2.45, 2.75) is 31.1 Å². The lowest BCUT2D eigenvalue weighted by molar-refractivity contribution is 0.570. The minimum absolute atomic E-state index is 0.0413. The van der Waals surface area contributed by atoms with Gasteiger partial charge in [-0.3, -0.25) is 4.98 Å². The number of pyridine rings is 1. The van der Waals surface area contributed by atoms with Gasteiger partial charge in [0.1, 0.15) is 0 Å². The fourth-order valence-electron chi connectivity index (χ4n) is 1.83. The van der Waals surface area contributed by atoms with Gasteiger partial charge in [0.05, 0.1) is 10.7 Å². The first-order valence-electron chi connectivity index (χ1n) is 6.23. The van der Waals surface area contributed by atoms with Crippen LogP contribution in [0, 0.1) is 0 Å². The number of halogens is 1. The Kier molecular flexibility index (Phi) is 4.22. The van der Waals surface area contributed by atoms with Crippen LogP contribution in [0.15, 0.2) is 41.3 Å². The number of nitrogens with zero attached hydrogens (tertiary/aromatic N) is 1. The minimum atomic E-state index is 0.0413. The van der Waals surface area contributed by atoms with Gasteiger partial charge in [-0.15, -0.1) is 11.8 Å². The average molecular weight is 292 g/mol. The fourth-order valence-corrected chi connectivity index (χ4v) is 2.48. The molecule has 1 aromatic carbocycles. The Morgan fingerprint density at radius 2 is 1.84 bits per heavy atom. The lowest BCUT2D eigenvalue weighted by Crippen LogP contribution is -2.13. The van der Waals surface area contributed by atoms with Crippen LogP contribution < -0.4 is 0 Å². The summed E-state index contributed by atoms with van der Waals surface area (Å²) >= 11 is 8.01. The Labute approximate surface area is 124 Å². The Morgan fingerprint density at radius 3 is 2.47 bits per heavy atom. The van der Waals surface area contributed by atoms with Crippen molar-refractivity contribution < 1.29 is 0 Å². The van der Waals surface area contributed by atoms with Crippen LogP contribution in [0.2, 0.25) is 5.02 Å². The third kappa shape index (κ3) is 3.31. The average Bonchev–Trinajstić information content (AvgIpc) is 2.38. The molecule has 0 aliphatic carbocycles. The van der Waals surface area contributed by atoms with Gasteiger partial charge < -0.3 is 0 Å². The number of aromatic nitrogens is 1. The van der Waals surface area contributed by atoms with Gasteiger partial charge in [-0.25, -0.2) is 0 Å². The maximum absolute atomic E-state index is 6.31. The highest BCUT2D eigenvalue weighted by molar-refractivity contribution is 7.98. The molecule has 19 heavy (non-hydrogen) atoms. The summed E-state index contributed by atoms with van der Waals surface area (Å²) in [4.78, 5) is 5.95. The lowest BCUT2D eigenvalue weighted by atomic mass is 9.91. The Hall–Kier alpha value is -0.990. The molecule has 2 rings (SSSR count). The Balaban J connectivity index is 2.53. The molecule has 0 unspecified atom stereocenters. The smallest absolute Gasteiger partial charge is 0.0720 e. The van der Waals surface area contributed by atoms with Gasteiger partial charge in [0.15, 0.2) is 0 Å². The maximum atomic E-state index is 6.31. The fraction of sp³-hybridized carbons (Fsp3) is 0.312. The summed E-state index contributed by atoms with van der Waals surface area (Å²) in [7, 11) is 0. The van der Waals surface area contributed by atoms with Crippen LogP contribution in [0.3, 0.4) is 0 Å². The standard InChI is InChI=1S/C16H18ClNS/c1-16(2,3)15-7-5-6-14(18-15)12-10-11(19-4)8-9-13(12)17/h5-10H,1-4H3. The zero-order valence-corrected chi connectivity index (χ0v) is 13.3. The van der Waals surface area contributed by atoms with Crippen LogP contribution in [0.25, 0.3) is 11.3 Å². The van der Waals surface area contributed by atoms with E-state index in [0.29, 0.717) is 0 Å². The van der Waals surface area contributed by atoms with Gasteiger partial charge in [0, 0.05) is 21.6 Å². The molecule has 1 heterocycles. The van der Waals surface area contributed by atoms with Crippen molar-refractivity contribution in [2.24, 2.45) is 0 Å². The third-order valence-electron chi connectivity index (χ3n) is 2.97. The van der Waals surface area contributed by atoms with E-state index in [-0.39, 0.29) is 5.41 Å². The normalized spacial score (nSPS) is 11.6. The van der Waals surface area contributed by atoms with Crippen LogP contribution in [0.5, 0.6) is 0 Å². The van der Waals surface area contributed by atoms with E-state index in [9.17, 15) is 0 Å². The van der Waals surface area contributed by atoms with E-state index in [1.807, 2.05) is 24.3 Å². The number of benzene rings is 1. The summed E-state index contributed by atoms with van der Waals surface area (Å²) in [6, 6.07) is 12.2. The van der Waals surface area contributed by atoms with Crippen LogP contribution in [0.1, 0.15) is 26.5 Å². The number of hydrogen-bond acceptors (Lipinski definition) is 2. The molecule has 3 heteroatoms. The first-order chi connectivity index (χ1) is 8.91. The summed E-state index contributed by atoms with van der Waals surface area (Å²) in [5.74, 6) is 0. The molecule has 0 atom stereocenters. The number of thioether (sulfide) groups is 1. The summed E-state index contributed by atoms with van der Waals surface area (Å²) in [5, 5.41) is 0.747. The molecule has 1 aromatic heterocycles. The molecule has 0 fully saturated rings. The van der Waals surface area contributed by atoms with Crippen LogP contribution in [-0.4, -0.2) is 11.2 Å². The second kappa shape index (κ2) is 5.56. The monoisotopic (exact) mass is 291 g/mol. The molecule has 0 saturated carbocycles. The van der Waals surface area contributed by atoms with Crippen molar-refractivity contribution in [1.82, 2.24) is 4.98 Å². The van der Waals surface area contributed by atoms with E-state index in [4.69, 9.17) is 16.6 Å². The predicted octanol–water partition coefficient (Wildman–Crippen LogP) is 5.42. The zero-order chi connectivity index (χ0) is 14.0. The van der Waals surface area contributed by atoms with Crippen LogP contribution in [-0.2, 0) is 5.41 Å². The van der Waals surface area contributed by atoms with Gasteiger partial charge in [-0.2, -0.15) is 0 Å². The molecule has 0 saturated heterocycles. The topological polar surface area (TPSA) is 12.9 Å². The maximum Gasteiger partial charge on any atom is 0.0720 e. The lowest BCUT2D eigenvalue weighted by Gasteiger charge is -2.18. The van der Waals surface area contributed by atoms with Crippen molar-refractivity contribution in [3.63, 3.8) is 0 Å². The quantitative estimate of drug-likeness (QED) is 0.685. The Morgan fingerprint density at radius 1 is 1.11 bits per heavy atom. The van der Waals surface area contributed by atoms with Gasteiger partial charge in [-0.1, -0.05) is 38.4 Å². The molecule has 0 bridgehead atoms. The highest BCUT2D eigenvalue weighted by atomic mass is 35.5. The van der Waals surface area contributed by atoms with Crippen LogP contribution >= 0.6 is 23.4 Å². The predicted molar refractivity (Wildman–Crippen MR) is 85.2 cm³/mol. The second-order valence-electron chi connectivity index (χ2n) is 5.50. The molecule has 0 amide bonds. The van der Waals surface area contributed by atoms with E-state index in [0.717, 1.165) is 22.0 Å². The highest BCUT2D eigenvalue weighted by Crippen LogP contribution is 2.31. The molecular formula is C16H18ClNS. The van der Waals surface area contributed by atoms with E-state index >= 15 is 0 Å². The molecule has 1 nitrogen and oxygen atoms in total. The van der Waals surface area contributed by atoms with Crippen molar-refractivity contribution in [3.8, 4) is 11.3 Å². The SMILES string of the molecule is CSc1ccc(Cl)c(-c2cccc(C(C)(C)C)n2)c1. The number of rotatable bonds is 2. The summed E-state index contributed by atoms with van der Waals surface area (Å²) in [5.41, 5.74) is 3.06. The van der Waals surface area contributed by atoms with E-state index < -0.39 is 0 Å². The van der Waals surface area contributed by atoms with E-state index in [1.54, 1.807) is 11.8 Å². The Bertz CT molecular complexity index is 588. The zero-order valence-electron chi connectivity index (χ0n) is 11.7. The molecule has 0 spiro atoms. The molecule has 0 radical (unpaired) electrons. The van der Waals surface area contributed by atoms with Crippen molar-refractivity contribution in [2.75, 3.05) is 6.26 Å². The molecule has 0 N–H and O–H groups in total. The summed E-state index contributed by atoms with van der Waals surface area (Å²) < 4.78 is 0. The summed E-state index contributed by atoms with van der Waals surface area (Å²) in [6.45, 7) is 6.50. The number of hydrogen-bond donors (Lipinski definition) is 0. The van der Waals surface area contributed by atoms with Gasteiger partial charge in [-0.05, 0) is 36.6 Å². The summed E-state index contributed by atoms with van der Waals surface area (Å²) in [6.07, 6.45) is 2.06. The van der Waals surface area contributed by atoms with Crippen molar-refractivity contribution >= 4 is 23.4 Å². The molecule has 0 aliphatic heterocycles. The third-order valence-corrected chi connectivity index (χ3v) is 4.02. The largest absolute Gasteiger partial charge is 0.252 e. The van der Waals surface area contributed by atoms with Crippen molar-refractivity contribution in [3.05, 3.63) is 47.1 Å². The van der Waals surface area contributed by atoms with Gasteiger partial charge in [0.2, 0.25) is 0 Å². The minimum Gasteiger partial charge on any atom is -0.252 e. The van der Waals surface area contributed by atoms with Crippen LogP contribution in [0.4, 0.5) is 0 Å². The first-order valence-corrected chi connectivity index (χ1v) is 7.83. The van der Waals surface area contributed by atoms with E-state index in [2.05, 4.69) is 39.2 Å². The molecule has 100 valence electrons. The second-order valence-corrected chi connectivity index (χ2v) is 6.79. The molecule has 0 aliphatic rings. The van der Waals surface area contributed by atoms with E-state index in [1.165, 1.54) is 4.90 Å². The molecule has 2 aromatic rings. The van der Waals surface area contributed by atoms with Gasteiger partial charge >= 0.3 is 0 Å². The van der Waals surface area contributed by atoms with Gasteiger partial charge in [0.25, 0.3) is 0 Å². The first kappa shape index (κ1) is 14.4.